The predicted molar refractivity (Wildman–Crippen MR) is 94.7 cm³/mol. The predicted octanol–water partition coefficient (Wildman–Crippen LogP) is 3.71. The number of carbonyl (C=O) groups excluding carboxylic acids is 1. The minimum Gasteiger partial charge on any atom is -0.465 e. The van der Waals surface area contributed by atoms with Crippen molar-refractivity contribution in [3.8, 4) is 11.5 Å². The van der Waals surface area contributed by atoms with Gasteiger partial charge in [-0.15, -0.1) is 10.2 Å². The fraction of sp³-hybridized carbons (Fsp3) is 0.278. The number of carbonyl (C=O) groups is 1. The van der Waals surface area contributed by atoms with Crippen molar-refractivity contribution in [1.29, 1.82) is 0 Å². The largest absolute Gasteiger partial charge is 0.465 e. The Hall–Kier alpha value is -2.64. The third-order valence-electron chi connectivity index (χ3n) is 3.78. The Bertz CT molecular complexity index is 919. The normalized spacial score (nSPS) is 11.1. The Kier molecular flexibility index (Phi) is 5.39. The second-order valence-electron chi connectivity index (χ2n) is 5.83. The van der Waals surface area contributed by atoms with Crippen molar-refractivity contribution in [3.05, 3.63) is 58.3 Å². The molecular weight excluding hydrogens is 358 g/mol. The van der Waals surface area contributed by atoms with Gasteiger partial charge in [-0.2, -0.15) is 0 Å². The Morgan fingerprint density at radius 3 is 2.73 bits per heavy atom. The highest BCUT2D eigenvalue weighted by Crippen LogP contribution is 2.26. The van der Waals surface area contributed by atoms with Gasteiger partial charge in [-0.3, -0.25) is 4.90 Å². The first-order valence-corrected chi connectivity index (χ1v) is 8.29. The van der Waals surface area contributed by atoms with E-state index < -0.39 is 5.97 Å². The summed E-state index contributed by atoms with van der Waals surface area (Å²) in [5.74, 6) is 1.59. The van der Waals surface area contributed by atoms with Crippen molar-refractivity contribution in [3.63, 3.8) is 0 Å². The first-order chi connectivity index (χ1) is 12.5. The average Bonchev–Trinajstić information content (AvgIpc) is 3.21. The summed E-state index contributed by atoms with van der Waals surface area (Å²) in [6, 6.07) is 8.97. The molecule has 0 N–H and O–H groups in total. The summed E-state index contributed by atoms with van der Waals surface area (Å²) in [6.07, 6.45) is 0. The van der Waals surface area contributed by atoms with Crippen molar-refractivity contribution in [2.24, 2.45) is 0 Å². The number of hydrogen-bond acceptors (Lipinski definition) is 7. The van der Waals surface area contributed by atoms with E-state index in [2.05, 4.69) is 10.2 Å². The number of ether oxygens (including phenoxy) is 1. The number of nitrogens with zero attached hydrogens (tertiary/aromatic N) is 3. The van der Waals surface area contributed by atoms with Crippen LogP contribution in [0.1, 0.15) is 27.8 Å². The molecule has 0 saturated carbocycles. The van der Waals surface area contributed by atoms with E-state index in [4.69, 9.17) is 25.2 Å². The van der Waals surface area contributed by atoms with Crippen LogP contribution in [0.2, 0.25) is 5.02 Å². The lowest BCUT2D eigenvalue weighted by molar-refractivity contribution is 0.0599. The van der Waals surface area contributed by atoms with Crippen molar-refractivity contribution in [2.45, 2.75) is 20.0 Å². The lowest BCUT2D eigenvalue weighted by Gasteiger charge is -2.11. The number of hydrogen-bond donors (Lipinski definition) is 0. The third kappa shape index (κ3) is 3.95. The SMILES string of the molecule is COC(=O)c1cc(CN(C)Cc2nnc(-c3ccccc3Cl)o2)oc1C. The quantitative estimate of drug-likeness (QED) is 0.607. The van der Waals surface area contributed by atoms with Gasteiger partial charge >= 0.3 is 5.97 Å². The molecule has 0 radical (unpaired) electrons. The van der Waals surface area contributed by atoms with E-state index in [1.54, 1.807) is 19.1 Å². The Labute approximate surface area is 155 Å². The van der Waals surface area contributed by atoms with E-state index in [1.807, 2.05) is 30.1 Å². The highest BCUT2D eigenvalue weighted by Gasteiger charge is 2.17. The van der Waals surface area contributed by atoms with E-state index in [-0.39, 0.29) is 0 Å². The summed E-state index contributed by atoms with van der Waals surface area (Å²) in [7, 11) is 3.22. The molecule has 0 aliphatic rings. The monoisotopic (exact) mass is 375 g/mol. The van der Waals surface area contributed by atoms with E-state index >= 15 is 0 Å². The number of aryl methyl sites for hydroxylation is 1. The summed E-state index contributed by atoms with van der Waals surface area (Å²) in [5.41, 5.74) is 1.12. The first kappa shape index (κ1) is 18.2. The van der Waals surface area contributed by atoms with Crippen LogP contribution in [-0.4, -0.2) is 35.2 Å². The highest BCUT2D eigenvalue weighted by atomic mass is 35.5. The van der Waals surface area contributed by atoms with Gasteiger partial charge in [-0.1, -0.05) is 23.7 Å². The molecule has 2 heterocycles. The summed E-state index contributed by atoms with van der Waals surface area (Å²) in [6.45, 7) is 2.62. The molecule has 0 amide bonds. The second kappa shape index (κ2) is 7.72. The average molecular weight is 376 g/mol. The number of methoxy groups -OCH3 is 1. The van der Waals surface area contributed by atoms with Gasteiger partial charge in [-0.25, -0.2) is 4.79 Å². The lowest BCUT2D eigenvalue weighted by Crippen LogP contribution is -2.17. The summed E-state index contributed by atoms with van der Waals surface area (Å²) in [5, 5.41) is 8.66. The van der Waals surface area contributed by atoms with Gasteiger partial charge in [0.15, 0.2) is 0 Å². The fourth-order valence-electron chi connectivity index (χ4n) is 2.55. The van der Waals surface area contributed by atoms with Crippen LogP contribution in [-0.2, 0) is 17.8 Å². The number of halogens is 1. The topological polar surface area (TPSA) is 81.6 Å². The van der Waals surface area contributed by atoms with Crippen molar-refractivity contribution in [2.75, 3.05) is 14.2 Å². The fourth-order valence-corrected chi connectivity index (χ4v) is 2.76. The van der Waals surface area contributed by atoms with Gasteiger partial charge in [0.25, 0.3) is 0 Å². The minimum atomic E-state index is -0.415. The molecule has 0 saturated heterocycles. The molecule has 7 nitrogen and oxygen atoms in total. The van der Waals surface area contributed by atoms with E-state index in [1.165, 1.54) is 7.11 Å². The highest BCUT2D eigenvalue weighted by molar-refractivity contribution is 6.33. The van der Waals surface area contributed by atoms with E-state index in [0.717, 1.165) is 0 Å². The summed E-state index contributed by atoms with van der Waals surface area (Å²) in [4.78, 5) is 13.6. The van der Waals surface area contributed by atoms with Crippen LogP contribution in [0.5, 0.6) is 0 Å². The molecule has 0 atom stereocenters. The Morgan fingerprint density at radius 1 is 1.23 bits per heavy atom. The number of benzene rings is 1. The van der Waals surface area contributed by atoms with Gasteiger partial charge in [0.2, 0.25) is 11.8 Å². The number of rotatable bonds is 6. The number of furan rings is 1. The Balaban J connectivity index is 1.67. The van der Waals surface area contributed by atoms with Crippen molar-refractivity contribution >= 4 is 17.6 Å². The molecule has 8 heteroatoms. The molecular formula is C18H18ClN3O4. The molecule has 0 spiro atoms. The zero-order valence-electron chi connectivity index (χ0n) is 14.7. The third-order valence-corrected chi connectivity index (χ3v) is 4.11. The maximum absolute atomic E-state index is 11.6. The van der Waals surface area contributed by atoms with Crippen molar-refractivity contribution < 1.29 is 18.4 Å². The Morgan fingerprint density at radius 2 is 2.00 bits per heavy atom. The molecule has 1 aromatic carbocycles. The molecule has 0 bridgehead atoms. The molecule has 0 unspecified atom stereocenters. The van der Waals surface area contributed by atoms with Crippen LogP contribution >= 0.6 is 11.6 Å². The van der Waals surface area contributed by atoms with Crippen LogP contribution in [0.15, 0.2) is 39.2 Å². The van der Waals surface area contributed by atoms with Crippen LogP contribution < -0.4 is 0 Å². The van der Waals surface area contributed by atoms with Crippen LogP contribution in [0.3, 0.4) is 0 Å². The van der Waals surface area contributed by atoms with Crippen LogP contribution in [0.4, 0.5) is 0 Å². The molecule has 0 fully saturated rings. The second-order valence-corrected chi connectivity index (χ2v) is 6.23. The van der Waals surface area contributed by atoms with Gasteiger partial charge in [0.1, 0.15) is 17.1 Å². The maximum Gasteiger partial charge on any atom is 0.341 e. The minimum absolute atomic E-state index is 0.376. The molecule has 3 rings (SSSR count). The van der Waals surface area contributed by atoms with Gasteiger partial charge < -0.3 is 13.6 Å². The van der Waals surface area contributed by atoms with E-state index in [0.29, 0.717) is 52.5 Å². The zero-order valence-corrected chi connectivity index (χ0v) is 15.4. The standard InChI is InChI=1S/C18H18ClN3O4/c1-11-14(18(23)24-3)8-12(25-11)9-22(2)10-16-20-21-17(26-16)13-6-4-5-7-15(13)19/h4-8H,9-10H2,1-3H3. The molecule has 26 heavy (non-hydrogen) atoms. The number of aromatic nitrogens is 2. The molecule has 2 aromatic heterocycles. The smallest absolute Gasteiger partial charge is 0.341 e. The summed E-state index contributed by atoms with van der Waals surface area (Å²) >= 11 is 6.15. The summed E-state index contributed by atoms with van der Waals surface area (Å²) < 4.78 is 16.0. The molecule has 3 aromatic rings. The number of esters is 1. The molecule has 0 aliphatic carbocycles. The molecule has 136 valence electrons. The van der Waals surface area contributed by atoms with Gasteiger partial charge in [-0.05, 0) is 32.2 Å². The molecule has 0 aliphatic heterocycles. The first-order valence-electron chi connectivity index (χ1n) is 7.91. The van der Waals surface area contributed by atoms with Crippen LogP contribution in [0.25, 0.3) is 11.5 Å². The van der Waals surface area contributed by atoms with Gasteiger partial charge in [0.05, 0.1) is 30.8 Å². The zero-order chi connectivity index (χ0) is 18.7. The maximum atomic E-state index is 11.6. The van der Waals surface area contributed by atoms with Crippen LogP contribution in [0, 0.1) is 6.92 Å². The lowest BCUT2D eigenvalue weighted by atomic mass is 10.2. The van der Waals surface area contributed by atoms with Crippen molar-refractivity contribution in [1.82, 2.24) is 15.1 Å². The van der Waals surface area contributed by atoms with Gasteiger partial charge in [0, 0.05) is 0 Å². The van der Waals surface area contributed by atoms with E-state index in [9.17, 15) is 4.79 Å².